The Labute approximate surface area is 181 Å². The number of para-hydroxylation sites is 1. The highest BCUT2D eigenvalue weighted by Gasteiger charge is 2.30. The quantitative estimate of drug-likeness (QED) is 0.597. The van der Waals surface area contributed by atoms with Crippen molar-refractivity contribution in [3.05, 3.63) is 57.6 Å². The zero-order valence-electron chi connectivity index (χ0n) is 17.2. The maximum absolute atomic E-state index is 12.6. The van der Waals surface area contributed by atoms with Gasteiger partial charge in [0.05, 0.1) is 6.54 Å². The molecule has 0 radical (unpaired) electrons. The fraction of sp³-hybridized carbons (Fsp3) is 0.391. The minimum atomic E-state index is -0.0402. The van der Waals surface area contributed by atoms with Gasteiger partial charge in [-0.15, -0.1) is 0 Å². The molecule has 2 aromatic carbocycles. The van der Waals surface area contributed by atoms with Gasteiger partial charge in [-0.1, -0.05) is 40.2 Å². The molecule has 1 aliphatic carbocycles. The van der Waals surface area contributed by atoms with E-state index >= 15 is 0 Å². The third kappa shape index (κ3) is 6.15. The van der Waals surface area contributed by atoms with Crippen LogP contribution in [-0.4, -0.2) is 35.8 Å². The van der Waals surface area contributed by atoms with Gasteiger partial charge in [-0.05, 0) is 62.4 Å². The first-order chi connectivity index (χ1) is 13.8. The number of benzene rings is 2. The second-order valence-corrected chi connectivity index (χ2v) is 8.63. The Balaban J connectivity index is 1.53. The first-order valence-corrected chi connectivity index (χ1v) is 10.8. The molecular weight excluding hydrogens is 430 g/mol. The molecule has 154 valence electrons. The van der Waals surface area contributed by atoms with Crippen molar-refractivity contribution in [2.75, 3.05) is 23.7 Å². The van der Waals surface area contributed by atoms with Crippen molar-refractivity contribution >= 4 is 39.1 Å². The highest BCUT2D eigenvalue weighted by Crippen LogP contribution is 2.27. The lowest BCUT2D eigenvalue weighted by Gasteiger charge is -2.22. The van der Waals surface area contributed by atoms with Crippen LogP contribution in [0.1, 0.15) is 36.0 Å². The first-order valence-electron chi connectivity index (χ1n) is 9.99. The number of aryl methyl sites for hydroxylation is 3. The molecule has 2 aromatic rings. The van der Waals surface area contributed by atoms with Crippen LogP contribution in [0.4, 0.5) is 11.4 Å². The van der Waals surface area contributed by atoms with Gasteiger partial charge in [-0.25, -0.2) is 0 Å². The summed E-state index contributed by atoms with van der Waals surface area (Å²) in [4.78, 5) is 27.1. The van der Waals surface area contributed by atoms with Gasteiger partial charge in [0.1, 0.15) is 0 Å². The Morgan fingerprint density at radius 1 is 1.00 bits per heavy atom. The van der Waals surface area contributed by atoms with Gasteiger partial charge in [0.25, 0.3) is 0 Å². The molecule has 1 fully saturated rings. The van der Waals surface area contributed by atoms with Crippen molar-refractivity contribution in [1.29, 1.82) is 0 Å². The topological polar surface area (TPSA) is 61.4 Å². The predicted molar refractivity (Wildman–Crippen MR) is 121 cm³/mol. The molecule has 0 saturated heterocycles. The van der Waals surface area contributed by atoms with E-state index < -0.39 is 0 Å². The summed E-state index contributed by atoms with van der Waals surface area (Å²) in [6, 6.07) is 12.2. The fourth-order valence-electron chi connectivity index (χ4n) is 3.34. The minimum Gasteiger partial charge on any atom is -0.326 e. The van der Waals surface area contributed by atoms with E-state index in [0.29, 0.717) is 25.6 Å². The number of halogens is 1. The van der Waals surface area contributed by atoms with Crippen LogP contribution in [0, 0.1) is 20.8 Å². The summed E-state index contributed by atoms with van der Waals surface area (Å²) in [7, 11) is 0. The average Bonchev–Trinajstić information content (AvgIpc) is 3.50. The van der Waals surface area contributed by atoms with Crippen molar-refractivity contribution in [3.8, 4) is 0 Å². The maximum Gasteiger partial charge on any atom is 0.238 e. The van der Waals surface area contributed by atoms with Crippen LogP contribution in [0.15, 0.2) is 40.9 Å². The summed E-state index contributed by atoms with van der Waals surface area (Å²) in [6.07, 6.45) is 2.53. The van der Waals surface area contributed by atoms with E-state index in [1.807, 2.05) is 57.2 Å². The Kier molecular flexibility index (Phi) is 7.09. The minimum absolute atomic E-state index is 0.0304. The SMILES string of the molecule is Cc1ccc(NC(=O)CCN(CC(=O)Nc2c(C)cccc2C)C2CC2)cc1Br. The number of anilines is 2. The van der Waals surface area contributed by atoms with Gasteiger partial charge in [-0.3, -0.25) is 14.5 Å². The van der Waals surface area contributed by atoms with Crippen molar-refractivity contribution in [1.82, 2.24) is 4.90 Å². The van der Waals surface area contributed by atoms with E-state index in [1.165, 1.54) is 0 Å². The second-order valence-electron chi connectivity index (χ2n) is 7.78. The molecule has 1 saturated carbocycles. The summed E-state index contributed by atoms with van der Waals surface area (Å²) < 4.78 is 0.970. The lowest BCUT2D eigenvalue weighted by Crippen LogP contribution is -2.37. The van der Waals surface area contributed by atoms with Gasteiger partial charge < -0.3 is 10.6 Å². The molecule has 1 aliphatic rings. The number of carbonyl (C=O) groups is 2. The van der Waals surface area contributed by atoms with Gasteiger partial charge in [0.2, 0.25) is 11.8 Å². The van der Waals surface area contributed by atoms with E-state index in [2.05, 4.69) is 31.5 Å². The van der Waals surface area contributed by atoms with Gasteiger partial charge in [0, 0.05) is 34.9 Å². The molecule has 0 spiro atoms. The van der Waals surface area contributed by atoms with Gasteiger partial charge in [0.15, 0.2) is 0 Å². The number of hydrogen-bond acceptors (Lipinski definition) is 3. The van der Waals surface area contributed by atoms with Crippen LogP contribution in [0.2, 0.25) is 0 Å². The molecule has 29 heavy (non-hydrogen) atoms. The summed E-state index contributed by atoms with van der Waals surface area (Å²) in [5.41, 5.74) is 4.90. The highest BCUT2D eigenvalue weighted by molar-refractivity contribution is 9.10. The molecule has 0 bridgehead atoms. The monoisotopic (exact) mass is 457 g/mol. The van der Waals surface area contributed by atoms with E-state index in [1.54, 1.807) is 0 Å². The van der Waals surface area contributed by atoms with Crippen LogP contribution in [-0.2, 0) is 9.59 Å². The van der Waals surface area contributed by atoms with Crippen LogP contribution in [0.25, 0.3) is 0 Å². The van der Waals surface area contributed by atoms with E-state index in [9.17, 15) is 9.59 Å². The van der Waals surface area contributed by atoms with E-state index in [0.717, 1.165) is 45.4 Å². The molecule has 3 rings (SSSR count). The molecule has 0 unspecified atom stereocenters. The molecule has 5 nitrogen and oxygen atoms in total. The Hall–Kier alpha value is -2.18. The summed E-state index contributed by atoms with van der Waals surface area (Å²) in [5.74, 6) is -0.0706. The smallest absolute Gasteiger partial charge is 0.238 e. The lowest BCUT2D eigenvalue weighted by molar-refractivity contribution is -0.119. The number of nitrogens with one attached hydrogen (secondary N) is 2. The average molecular weight is 458 g/mol. The number of carbonyl (C=O) groups excluding carboxylic acids is 2. The van der Waals surface area contributed by atoms with Crippen LogP contribution < -0.4 is 10.6 Å². The van der Waals surface area contributed by atoms with Crippen LogP contribution in [0.5, 0.6) is 0 Å². The van der Waals surface area contributed by atoms with E-state index in [4.69, 9.17) is 0 Å². The molecule has 0 atom stereocenters. The van der Waals surface area contributed by atoms with Crippen molar-refractivity contribution in [2.24, 2.45) is 0 Å². The highest BCUT2D eigenvalue weighted by atomic mass is 79.9. The number of hydrogen-bond donors (Lipinski definition) is 2. The molecule has 0 aliphatic heterocycles. The molecule has 0 aromatic heterocycles. The molecule has 0 heterocycles. The summed E-state index contributed by atoms with van der Waals surface area (Å²) >= 11 is 3.49. The zero-order valence-corrected chi connectivity index (χ0v) is 18.8. The standard InChI is InChI=1S/C23H28BrN3O2/c1-15-7-8-18(13-20(15)24)25-21(28)11-12-27(19-9-10-19)14-22(29)26-23-16(2)5-4-6-17(23)3/h4-8,13,19H,9-12,14H2,1-3H3,(H,25,28)(H,26,29). The number of rotatable bonds is 8. The third-order valence-corrected chi connectivity index (χ3v) is 6.09. The molecule has 2 N–H and O–H groups in total. The van der Waals surface area contributed by atoms with Crippen molar-refractivity contribution < 1.29 is 9.59 Å². The fourth-order valence-corrected chi connectivity index (χ4v) is 3.72. The summed E-state index contributed by atoms with van der Waals surface area (Å²) in [5, 5.41) is 5.98. The first kappa shape index (κ1) is 21.5. The van der Waals surface area contributed by atoms with Gasteiger partial charge >= 0.3 is 0 Å². The number of amides is 2. The van der Waals surface area contributed by atoms with Crippen molar-refractivity contribution in [3.63, 3.8) is 0 Å². The maximum atomic E-state index is 12.6. The largest absolute Gasteiger partial charge is 0.326 e. The predicted octanol–water partition coefficient (Wildman–Crippen LogP) is 4.81. The molecule has 6 heteroatoms. The second kappa shape index (κ2) is 9.55. The molecule has 2 amide bonds. The lowest BCUT2D eigenvalue weighted by atomic mass is 10.1. The Morgan fingerprint density at radius 3 is 2.31 bits per heavy atom. The third-order valence-electron chi connectivity index (χ3n) is 5.24. The zero-order chi connectivity index (χ0) is 21.0. The summed E-state index contributed by atoms with van der Waals surface area (Å²) in [6.45, 7) is 6.88. The normalized spacial score (nSPS) is 13.4. The van der Waals surface area contributed by atoms with E-state index in [-0.39, 0.29) is 11.8 Å². The van der Waals surface area contributed by atoms with Crippen LogP contribution in [0.3, 0.4) is 0 Å². The van der Waals surface area contributed by atoms with Crippen molar-refractivity contribution in [2.45, 2.75) is 46.1 Å². The Bertz CT molecular complexity index is 889. The van der Waals surface area contributed by atoms with Crippen LogP contribution >= 0.6 is 15.9 Å². The number of nitrogens with zero attached hydrogens (tertiary/aromatic N) is 1. The van der Waals surface area contributed by atoms with Gasteiger partial charge in [-0.2, -0.15) is 0 Å². The molecular formula is C23H28BrN3O2. The Morgan fingerprint density at radius 2 is 1.69 bits per heavy atom.